The first kappa shape index (κ1) is 12.5. The molecule has 0 aromatic rings. The number of hydrogen-bond acceptors (Lipinski definition) is 4. The van der Waals surface area contributed by atoms with Crippen molar-refractivity contribution in [3.63, 3.8) is 0 Å². The van der Waals surface area contributed by atoms with Gasteiger partial charge in [-0.25, -0.2) is 0 Å². The number of imide groups is 1. The van der Waals surface area contributed by atoms with E-state index in [-0.39, 0.29) is 17.9 Å². The molecule has 0 radical (unpaired) electrons. The van der Waals surface area contributed by atoms with Gasteiger partial charge in [-0.3, -0.25) is 14.5 Å². The molecule has 2 N–H and O–H groups in total. The van der Waals surface area contributed by atoms with Crippen LogP contribution in [0, 0.1) is 5.92 Å². The molecular weight excluding hydrogens is 220 g/mol. The molecule has 3 atom stereocenters. The van der Waals surface area contributed by atoms with E-state index in [1.165, 1.54) is 4.90 Å². The van der Waals surface area contributed by atoms with Crippen LogP contribution in [-0.2, 0) is 14.3 Å². The van der Waals surface area contributed by atoms with Crippen molar-refractivity contribution < 1.29 is 14.3 Å². The summed E-state index contributed by atoms with van der Waals surface area (Å²) in [4.78, 5) is 25.6. The first-order chi connectivity index (χ1) is 8.04. The first-order valence-electron chi connectivity index (χ1n) is 6.27. The Morgan fingerprint density at radius 1 is 1.29 bits per heavy atom. The fourth-order valence-electron chi connectivity index (χ4n) is 2.63. The van der Waals surface area contributed by atoms with Crippen molar-refractivity contribution in [2.24, 2.45) is 11.7 Å². The average Bonchev–Trinajstić information content (AvgIpc) is 2.71. The zero-order chi connectivity index (χ0) is 12.6. The Labute approximate surface area is 101 Å². The number of morpholine rings is 1. The molecule has 2 saturated heterocycles. The van der Waals surface area contributed by atoms with Crippen LogP contribution in [-0.4, -0.2) is 41.5 Å². The average molecular weight is 240 g/mol. The van der Waals surface area contributed by atoms with Crippen molar-refractivity contribution >= 4 is 11.8 Å². The molecule has 5 nitrogen and oxygen atoms in total. The van der Waals surface area contributed by atoms with E-state index < -0.39 is 12.2 Å². The van der Waals surface area contributed by atoms with Gasteiger partial charge in [-0.05, 0) is 25.2 Å². The van der Waals surface area contributed by atoms with Crippen molar-refractivity contribution in [1.29, 1.82) is 0 Å². The molecule has 0 saturated carbocycles. The van der Waals surface area contributed by atoms with E-state index in [2.05, 4.69) is 13.8 Å². The lowest BCUT2D eigenvalue weighted by molar-refractivity contribution is -0.171. The van der Waals surface area contributed by atoms with Crippen LogP contribution in [0.5, 0.6) is 0 Å². The summed E-state index contributed by atoms with van der Waals surface area (Å²) in [6.45, 7) is 4.45. The fourth-order valence-corrected chi connectivity index (χ4v) is 2.63. The minimum atomic E-state index is -0.418. The lowest BCUT2D eigenvalue weighted by Gasteiger charge is -2.36. The molecule has 2 fully saturated rings. The van der Waals surface area contributed by atoms with Crippen LogP contribution in [0.2, 0.25) is 0 Å². The molecule has 2 aliphatic rings. The van der Waals surface area contributed by atoms with Gasteiger partial charge in [0, 0.05) is 6.54 Å². The van der Waals surface area contributed by atoms with Gasteiger partial charge in [0.1, 0.15) is 12.2 Å². The lowest BCUT2D eigenvalue weighted by atomic mass is 10.0. The molecule has 0 aromatic carbocycles. The lowest BCUT2D eigenvalue weighted by Crippen LogP contribution is -2.58. The van der Waals surface area contributed by atoms with E-state index in [0.29, 0.717) is 25.3 Å². The number of likely N-dealkylation sites (tertiary alicyclic amines) is 1. The molecular formula is C12H20N2O3. The van der Waals surface area contributed by atoms with Crippen LogP contribution in [0.3, 0.4) is 0 Å². The molecule has 5 heteroatoms. The Balaban J connectivity index is 2.17. The van der Waals surface area contributed by atoms with Gasteiger partial charge in [0.2, 0.25) is 0 Å². The Hall–Kier alpha value is -0.940. The largest absolute Gasteiger partial charge is 0.355 e. The van der Waals surface area contributed by atoms with E-state index in [9.17, 15) is 9.59 Å². The van der Waals surface area contributed by atoms with Crippen molar-refractivity contribution in [2.45, 2.75) is 51.4 Å². The van der Waals surface area contributed by atoms with E-state index in [4.69, 9.17) is 10.5 Å². The highest BCUT2D eigenvalue weighted by Gasteiger charge is 2.48. The summed E-state index contributed by atoms with van der Waals surface area (Å²) in [5.74, 6) is 0.0179. The van der Waals surface area contributed by atoms with E-state index in [1.54, 1.807) is 0 Å². The van der Waals surface area contributed by atoms with Crippen LogP contribution in [0.25, 0.3) is 0 Å². The zero-order valence-electron chi connectivity index (χ0n) is 10.4. The first-order valence-corrected chi connectivity index (χ1v) is 6.27. The number of carbonyl (C=O) groups is 2. The highest BCUT2D eigenvalue weighted by atomic mass is 16.5. The second-order valence-corrected chi connectivity index (χ2v) is 5.26. The Morgan fingerprint density at radius 3 is 2.24 bits per heavy atom. The van der Waals surface area contributed by atoms with Gasteiger partial charge >= 0.3 is 0 Å². The summed E-state index contributed by atoms with van der Waals surface area (Å²) in [6, 6.07) is -0.179. The third-order valence-electron chi connectivity index (χ3n) is 3.43. The van der Waals surface area contributed by atoms with Crippen LogP contribution < -0.4 is 5.73 Å². The van der Waals surface area contributed by atoms with Gasteiger partial charge in [-0.2, -0.15) is 0 Å². The smallest absolute Gasteiger partial charge is 0.258 e. The Bertz CT molecular complexity index is 308. The summed E-state index contributed by atoms with van der Waals surface area (Å²) in [7, 11) is 0. The van der Waals surface area contributed by atoms with Crippen molar-refractivity contribution in [2.75, 3.05) is 6.54 Å². The zero-order valence-corrected chi connectivity index (χ0v) is 10.4. The van der Waals surface area contributed by atoms with Crippen LogP contribution in [0.1, 0.15) is 33.1 Å². The quantitative estimate of drug-likeness (QED) is 0.716. The van der Waals surface area contributed by atoms with Crippen molar-refractivity contribution in [3.05, 3.63) is 0 Å². The minimum absolute atomic E-state index is 0.179. The monoisotopic (exact) mass is 240 g/mol. The Kier molecular flexibility index (Phi) is 3.49. The van der Waals surface area contributed by atoms with Gasteiger partial charge in [0.15, 0.2) is 0 Å². The number of ether oxygens (including phenoxy) is 1. The predicted octanol–water partition coefficient (Wildman–Crippen LogP) is 0.276. The van der Waals surface area contributed by atoms with Gasteiger partial charge in [-0.1, -0.05) is 13.8 Å². The molecule has 3 unspecified atom stereocenters. The summed E-state index contributed by atoms with van der Waals surface area (Å²) in [5, 5.41) is 0. The number of carbonyl (C=O) groups excluding carboxylic acids is 2. The van der Waals surface area contributed by atoms with Gasteiger partial charge in [-0.15, -0.1) is 0 Å². The molecule has 0 aliphatic carbocycles. The molecule has 96 valence electrons. The number of nitrogens with two attached hydrogens (primary N) is 1. The van der Waals surface area contributed by atoms with E-state index in [0.717, 1.165) is 6.42 Å². The standard InChI is InChI=1S/C12H20N2O3/c1-7(2)5-8(6-13)14-11(15)9-3-4-10(17-9)12(14)16/h7-10H,3-6,13H2,1-2H3. The van der Waals surface area contributed by atoms with Crippen molar-refractivity contribution in [3.8, 4) is 0 Å². The highest BCUT2D eigenvalue weighted by molar-refractivity contribution is 6.02. The third-order valence-corrected chi connectivity index (χ3v) is 3.43. The summed E-state index contributed by atoms with van der Waals surface area (Å²) >= 11 is 0. The fraction of sp³-hybridized carbons (Fsp3) is 0.833. The normalized spacial score (nSPS) is 30.2. The molecule has 2 heterocycles. The number of amides is 2. The third kappa shape index (κ3) is 2.21. The summed E-state index contributed by atoms with van der Waals surface area (Å²) in [6.07, 6.45) is 1.24. The second-order valence-electron chi connectivity index (χ2n) is 5.26. The van der Waals surface area contributed by atoms with E-state index >= 15 is 0 Å². The molecule has 2 amide bonds. The van der Waals surface area contributed by atoms with Gasteiger partial charge < -0.3 is 10.5 Å². The highest BCUT2D eigenvalue weighted by Crippen LogP contribution is 2.30. The SMILES string of the molecule is CC(C)CC(CN)N1C(=O)C2CCC(O2)C1=O. The number of hydrogen-bond donors (Lipinski definition) is 1. The number of rotatable bonds is 4. The second kappa shape index (κ2) is 4.74. The predicted molar refractivity (Wildman–Crippen MR) is 62.0 cm³/mol. The molecule has 0 aromatic heterocycles. The van der Waals surface area contributed by atoms with Crippen LogP contribution >= 0.6 is 0 Å². The number of nitrogens with zero attached hydrogens (tertiary/aromatic N) is 1. The maximum Gasteiger partial charge on any atom is 0.258 e. The molecule has 0 spiro atoms. The molecule has 2 rings (SSSR count). The van der Waals surface area contributed by atoms with Gasteiger partial charge in [0.25, 0.3) is 11.8 Å². The van der Waals surface area contributed by atoms with E-state index in [1.807, 2.05) is 0 Å². The number of fused-ring (bicyclic) bond motifs is 2. The van der Waals surface area contributed by atoms with Gasteiger partial charge in [0.05, 0.1) is 6.04 Å². The van der Waals surface area contributed by atoms with Crippen molar-refractivity contribution in [1.82, 2.24) is 4.90 Å². The molecule has 2 aliphatic heterocycles. The topological polar surface area (TPSA) is 72.6 Å². The molecule has 2 bridgehead atoms. The summed E-state index contributed by atoms with van der Waals surface area (Å²) in [5.41, 5.74) is 5.70. The Morgan fingerprint density at radius 2 is 1.82 bits per heavy atom. The maximum absolute atomic E-state index is 12.1. The minimum Gasteiger partial charge on any atom is -0.355 e. The maximum atomic E-state index is 12.1. The van der Waals surface area contributed by atoms with Crippen LogP contribution in [0.15, 0.2) is 0 Å². The summed E-state index contributed by atoms with van der Waals surface area (Å²) < 4.78 is 5.37. The molecule has 17 heavy (non-hydrogen) atoms. The van der Waals surface area contributed by atoms with Crippen LogP contribution in [0.4, 0.5) is 0 Å².